The van der Waals surface area contributed by atoms with Gasteiger partial charge in [-0.1, -0.05) is 35.7 Å². The van der Waals surface area contributed by atoms with Crippen molar-refractivity contribution in [2.45, 2.75) is 57.1 Å². The number of piperidine rings is 1. The zero-order chi connectivity index (χ0) is 27.7. The molecular weight excluding hydrogens is 539 g/mol. The highest BCUT2D eigenvalue weighted by Gasteiger charge is 2.35. The van der Waals surface area contributed by atoms with Crippen molar-refractivity contribution in [1.29, 1.82) is 0 Å². The van der Waals surface area contributed by atoms with E-state index in [9.17, 15) is 4.79 Å². The summed E-state index contributed by atoms with van der Waals surface area (Å²) < 4.78 is 23.6. The second kappa shape index (κ2) is 14.4. The molecule has 214 valence electrons. The Morgan fingerprint density at radius 1 is 0.897 bits per heavy atom. The number of amides is 1. The van der Waals surface area contributed by atoms with Crippen LogP contribution in [0.3, 0.4) is 0 Å². The quantitative estimate of drug-likeness (QED) is 0.278. The van der Waals surface area contributed by atoms with Gasteiger partial charge in [0.2, 0.25) is 5.91 Å². The van der Waals surface area contributed by atoms with Crippen molar-refractivity contribution in [2.75, 3.05) is 53.6 Å². The van der Waals surface area contributed by atoms with Gasteiger partial charge in [0.1, 0.15) is 18.0 Å². The molecule has 9 heteroatoms. The molecule has 0 N–H and O–H groups in total. The molecule has 0 aromatic heterocycles. The minimum atomic E-state index is -0.337. The number of hydrogen-bond donors (Lipinski definition) is 0. The molecule has 2 aromatic carbocycles. The molecule has 0 radical (unpaired) electrons. The van der Waals surface area contributed by atoms with E-state index in [2.05, 4.69) is 17.0 Å². The van der Waals surface area contributed by atoms with Gasteiger partial charge in [0.05, 0.1) is 23.8 Å². The lowest BCUT2D eigenvalue weighted by molar-refractivity contribution is -0.130. The molecule has 39 heavy (non-hydrogen) atoms. The molecule has 7 nitrogen and oxygen atoms in total. The standard InChI is InChI=1S/C30H40Cl2N2O5/c1-36-28-19-23(8-11-27(28)38-18-6-15-34-14-5-3-4-7-29(34)35)21-33-16-12-30(37-2,13-17-33)22-39-24-9-10-25(31)26(32)20-24/h8-11,19-20H,3-7,12-18,21-22H2,1-2H3. The Hall–Kier alpha value is -2.19. The van der Waals surface area contributed by atoms with Crippen LogP contribution in [0.25, 0.3) is 0 Å². The van der Waals surface area contributed by atoms with Crippen molar-refractivity contribution in [3.05, 3.63) is 52.0 Å². The molecule has 1 amide bonds. The maximum Gasteiger partial charge on any atom is 0.222 e. The fraction of sp³-hybridized carbons (Fsp3) is 0.567. The number of benzene rings is 2. The molecule has 4 rings (SSSR count). The number of halogens is 2. The van der Waals surface area contributed by atoms with Gasteiger partial charge in [-0.05, 0) is 61.9 Å². The Kier molecular flexibility index (Phi) is 11.0. The maximum atomic E-state index is 12.2. The van der Waals surface area contributed by atoms with Gasteiger partial charge in [0, 0.05) is 52.3 Å². The Labute approximate surface area is 242 Å². The second-order valence-electron chi connectivity index (χ2n) is 10.4. The molecule has 2 aliphatic heterocycles. The molecule has 2 heterocycles. The number of nitrogens with zero attached hydrogens (tertiary/aromatic N) is 2. The number of hydrogen-bond acceptors (Lipinski definition) is 6. The van der Waals surface area contributed by atoms with E-state index < -0.39 is 0 Å². The highest BCUT2D eigenvalue weighted by molar-refractivity contribution is 6.42. The summed E-state index contributed by atoms with van der Waals surface area (Å²) in [6.07, 6.45) is 6.45. The molecule has 0 spiro atoms. The van der Waals surface area contributed by atoms with Crippen LogP contribution in [0.5, 0.6) is 17.2 Å². The predicted molar refractivity (Wildman–Crippen MR) is 154 cm³/mol. The minimum Gasteiger partial charge on any atom is -0.493 e. The van der Waals surface area contributed by atoms with Crippen molar-refractivity contribution in [3.8, 4) is 17.2 Å². The predicted octanol–water partition coefficient (Wildman–Crippen LogP) is 6.23. The van der Waals surface area contributed by atoms with E-state index in [1.54, 1.807) is 26.4 Å². The second-order valence-corrected chi connectivity index (χ2v) is 11.2. The van der Waals surface area contributed by atoms with Gasteiger partial charge >= 0.3 is 0 Å². The number of likely N-dealkylation sites (tertiary alicyclic amines) is 2. The first-order valence-electron chi connectivity index (χ1n) is 13.8. The summed E-state index contributed by atoms with van der Waals surface area (Å²) in [5, 5.41) is 0.988. The summed E-state index contributed by atoms with van der Waals surface area (Å²) in [5.41, 5.74) is 0.835. The van der Waals surface area contributed by atoms with Crippen LogP contribution in [-0.4, -0.2) is 74.9 Å². The van der Waals surface area contributed by atoms with Gasteiger partial charge in [-0.15, -0.1) is 0 Å². The number of ether oxygens (including phenoxy) is 4. The van der Waals surface area contributed by atoms with Crippen LogP contribution in [0.2, 0.25) is 10.0 Å². The highest BCUT2D eigenvalue weighted by atomic mass is 35.5. The Morgan fingerprint density at radius 2 is 1.72 bits per heavy atom. The van der Waals surface area contributed by atoms with E-state index in [0.29, 0.717) is 35.4 Å². The molecule has 2 aromatic rings. The van der Waals surface area contributed by atoms with Gasteiger partial charge in [-0.25, -0.2) is 0 Å². The summed E-state index contributed by atoms with van der Waals surface area (Å²) in [7, 11) is 3.42. The lowest BCUT2D eigenvalue weighted by atomic mass is 9.91. The number of rotatable bonds is 12. The first kappa shape index (κ1) is 29.8. The lowest BCUT2D eigenvalue weighted by Crippen LogP contribution is -2.48. The number of carbonyl (C=O) groups excluding carboxylic acids is 1. The van der Waals surface area contributed by atoms with Crippen LogP contribution >= 0.6 is 23.2 Å². The number of carbonyl (C=O) groups is 1. The highest BCUT2D eigenvalue weighted by Crippen LogP contribution is 2.32. The third-order valence-electron chi connectivity index (χ3n) is 7.73. The molecule has 0 saturated carbocycles. The zero-order valence-electron chi connectivity index (χ0n) is 23.1. The minimum absolute atomic E-state index is 0.272. The van der Waals surface area contributed by atoms with Crippen LogP contribution in [0.4, 0.5) is 0 Å². The van der Waals surface area contributed by atoms with Crippen LogP contribution in [0.1, 0.15) is 50.5 Å². The van der Waals surface area contributed by atoms with Crippen LogP contribution in [0.15, 0.2) is 36.4 Å². The summed E-state index contributed by atoms with van der Waals surface area (Å²) in [6, 6.07) is 11.4. The van der Waals surface area contributed by atoms with Gasteiger partial charge in [0.25, 0.3) is 0 Å². The Bertz CT molecular complexity index is 1090. The van der Waals surface area contributed by atoms with Crippen LogP contribution < -0.4 is 14.2 Å². The van der Waals surface area contributed by atoms with Crippen molar-refractivity contribution < 1.29 is 23.7 Å². The molecule has 0 aliphatic carbocycles. The average Bonchev–Trinajstić information content (AvgIpc) is 3.16. The van der Waals surface area contributed by atoms with E-state index in [-0.39, 0.29) is 11.5 Å². The monoisotopic (exact) mass is 578 g/mol. The van der Waals surface area contributed by atoms with Crippen molar-refractivity contribution in [3.63, 3.8) is 0 Å². The van der Waals surface area contributed by atoms with E-state index in [1.165, 1.54) is 5.56 Å². The third-order valence-corrected chi connectivity index (χ3v) is 8.47. The van der Waals surface area contributed by atoms with Crippen molar-refractivity contribution in [1.82, 2.24) is 9.80 Å². The van der Waals surface area contributed by atoms with E-state index >= 15 is 0 Å². The smallest absolute Gasteiger partial charge is 0.222 e. The number of methoxy groups -OCH3 is 2. The Balaban J connectivity index is 1.24. The third kappa shape index (κ3) is 8.40. The average molecular weight is 580 g/mol. The largest absolute Gasteiger partial charge is 0.493 e. The molecule has 0 unspecified atom stereocenters. The van der Waals surface area contributed by atoms with Crippen LogP contribution in [0, 0.1) is 0 Å². The fourth-order valence-corrected chi connectivity index (χ4v) is 5.50. The molecule has 2 aliphatic rings. The molecule has 2 fully saturated rings. The maximum absolute atomic E-state index is 12.2. The molecular formula is C30H40Cl2N2O5. The summed E-state index contributed by atoms with van der Waals surface area (Å²) in [5.74, 6) is 2.43. The molecule has 0 atom stereocenters. The first-order chi connectivity index (χ1) is 18.9. The van der Waals surface area contributed by atoms with E-state index in [4.69, 9.17) is 42.1 Å². The topological polar surface area (TPSA) is 60.5 Å². The van der Waals surface area contributed by atoms with Crippen LogP contribution in [-0.2, 0) is 16.1 Å². The van der Waals surface area contributed by atoms with Crippen molar-refractivity contribution >= 4 is 29.1 Å². The van der Waals surface area contributed by atoms with Crippen molar-refractivity contribution in [2.24, 2.45) is 0 Å². The van der Waals surface area contributed by atoms with E-state index in [1.807, 2.05) is 17.0 Å². The van der Waals surface area contributed by atoms with Gasteiger partial charge in [0.15, 0.2) is 11.5 Å². The Morgan fingerprint density at radius 3 is 2.46 bits per heavy atom. The van der Waals surface area contributed by atoms with Gasteiger partial charge in [-0.3, -0.25) is 9.69 Å². The van der Waals surface area contributed by atoms with Gasteiger partial charge in [-0.2, -0.15) is 0 Å². The molecule has 2 saturated heterocycles. The first-order valence-corrected chi connectivity index (χ1v) is 14.6. The van der Waals surface area contributed by atoms with Gasteiger partial charge < -0.3 is 23.8 Å². The lowest BCUT2D eigenvalue weighted by Gasteiger charge is -2.40. The summed E-state index contributed by atoms with van der Waals surface area (Å²) in [4.78, 5) is 16.6. The normalized spacial score (nSPS) is 18.1. The summed E-state index contributed by atoms with van der Waals surface area (Å²) in [6.45, 7) is 5.23. The SMILES string of the molecule is COc1cc(CN2CCC(COc3ccc(Cl)c(Cl)c3)(OC)CC2)ccc1OCCCN1CCCCCC1=O. The fourth-order valence-electron chi connectivity index (χ4n) is 5.21. The summed E-state index contributed by atoms with van der Waals surface area (Å²) >= 11 is 12.1. The zero-order valence-corrected chi connectivity index (χ0v) is 24.6. The van der Waals surface area contributed by atoms with E-state index in [0.717, 1.165) is 82.7 Å². The molecule has 0 bridgehead atoms.